The van der Waals surface area contributed by atoms with Crippen molar-refractivity contribution in [2.24, 2.45) is 0 Å². The summed E-state index contributed by atoms with van der Waals surface area (Å²) in [5.41, 5.74) is 1.46. The number of carbonyl (C=O) groups excluding carboxylic acids is 1. The fourth-order valence-electron chi connectivity index (χ4n) is 3.64. The van der Waals surface area contributed by atoms with Crippen molar-refractivity contribution in [3.63, 3.8) is 0 Å². The van der Waals surface area contributed by atoms with Crippen LogP contribution in [0.4, 0.5) is 0 Å². The van der Waals surface area contributed by atoms with E-state index in [1.165, 1.54) is 50.5 Å². The first-order chi connectivity index (χ1) is 17.6. The molecule has 0 aliphatic rings. The van der Waals surface area contributed by atoms with Crippen LogP contribution in [-0.4, -0.2) is 58.5 Å². The van der Waals surface area contributed by atoms with Gasteiger partial charge >= 0.3 is 0 Å². The quantitative estimate of drug-likeness (QED) is 0.304. The Hall–Kier alpha value is -2.79. The molecule has 1 amide bonds. The van der Waals surface area contributed by atoms with Gasteiger partial charge in [0.1, 0.15) is 0 Å². The number of methoxy groups -OCH3 is 3. The zero-order valence-electron chi connectivity index (χ0n) is 20.9. The fourth-order valence-corrected chi connectivity index (χ4v) is 5.40. The lowest BCUT2D eigenvalue weighted by atomic mass is 10.1. The van der Waals surface area contributed by atoms with E-state index in [4.69, 9.17) is 25.8 Å². The summed E-state index contributed by atoms with van der Waals surface area (Å²) in [4.78, 5) is 14.8. The van der Waals surface area contributed by atoms with Crippen LogP contribution >= 0.6 is 27.5 Å². The molecule has 0 radical (unpaired) electrons. The molecular weight excluding hydrogens is 584 g/mol. The number of sulfonamides is 1. The van der Waals surface area contributed by atoms with Gasteiger partial charge in [-0.2, -0.15) is 4.31 Å². The van der Waals surface area contributed by atoms with E-state index in [-0.39, 0.29) is 30.4 Å². The number of carbonyl (C=O) groups is 1. The third-order valence-electron chi connectivity index (χ3n) is 5.61. The van der Waals surface area contributed by atoms with Crippen molar-refractivity contribution in [3.8, 4) is 17.2 Å². The van der Waals surface area contributed by atoms with Gasteiger partial charge in [0.2, 0.25) is 21.7 Å². The zero-order chi connectivity index (χ0) is 27.2. The van der Waals surface area contributed by atoms with Crippen LogP contribution in [-0.2, 0) is 27.9 Å². The van der Waals surface area contributed by atoms with Crippen LogP contribution in [0.3, 0.4) is 0 Å². The summed E-state index contributed by atoms with van der Waals surface area (Å²) in [6.07, 6.45) is 0. The van der Waals surface area contributed by atoms with Gasteiger partial charge in [-0.1, -0.05) is 39.7 Å². The summed E-state index contributed by atoms with van der Waals surface area (Å²) in [5, 5.41) is 0.416. The molecule has 0 saturated heterocycles. The maximum absolute atomic E-state index is 13.5. The van der Waals surface area contributed by atoms with Gasteiger partial charge in [-0.15, -0.1) is 0 Å². The summed E-state index contributed by atoms with van der Waals surface area (Å²) < 4.78 is 45.2. The Morgan fingerprint density at radius 3 is 1.95 bits per heavy atom. The van der Waals surface area contributed by atoms with E-state index in [0.29, 0.717) is 22.3 Å². The molecule has 11 heteroatoms. The molecule has 0 saturated carbocycles. The normalized spacial score (nSPS) is 11.3. The third-order valence-corrected chi connectivity index (χ3v) is 8.19. The Morgan fingerprint density at radius 2 is 1.43 bits per heavy atom. The number of hydrogen-bond donors (Lipinski definition) is 0. The lowest BCUT2D eigenvalue weighted by Gasteiger charge is -2.25. The largest absolute Gasteiger partial charge is 0.493 e. The summed E-state index contributed by atoms with van der Waals surface area (Å²) in [7, 11) is 2.14. The maximum atomic E-state index is 13.5. The number of hydrogen-bond acceptors (Lipinski definition) is 6. The second-order valence-corrected chi connectivity index (χ2v) is 11.4. The lowest BCUT2D eigenvalue weighted by Crippen LogP contribution is -2.40. The maximum Gasteiger partial charge on any atom is 0.243 e. The molecule has 0 unspecified atom stereocenters. The zero-order valence-corrected chi connectivity index (χ0v) is 24.1. The molecular formula is C26H28BrClN2O6S. The van der Waals surface area contributed by atoms with Gasteiger partial charge in [-0.05, 0) is 59.7 Å². The summed E-state index contributed by atoms with van der Waals surface area (Å²) >= 11 is 9.34. The second kappa shape index (κ2) is 12.6. The first-order valence-electron chi connectivity index (χ1n) is 11.1. The van der Waals surface area contributed by atoms with E-state index in [1.807, 2.05) is 12.1 Å². The van der Waals surface area contributed by atoms with Gasteiger partial charge in [0, 0.05) is 29.6 Å². The van der Waals surface area contributed by atoms with Crippen LogP contribution in [0.1, 0.15) is 11.1 Å². The average Bonchev–Trinajstić information content (AvgIpc) is 2.88. The van der Waals surface area contributed by atoms with Gasteiger partial charge in [0.15, 0.2) is 11.5 Å². The van der Waals surface area contributed by atoms with Crippen LogP contribution in [0.2, 0.25) is 5.02 Å². The van der Waals surface area contributed by atoms with Gasteiger partial charge < -0.3 is 19.1 Å². The Bertz CT molecular complexity index is 1310. The number of halogens is 2. The van der Waals surface area contributed by atoms with Crippen molar-refractivity contribution < 1.29 is 27.4 Å². The molecule has 0 aliphatic heterocycles. The topological polar surface area (TPSA) is 85.4 Å². The van der Waals surface area contributed by atoms with Gasteiger partial charge in [0.25, 0.3) is 0 Å². The van der Waals surface area contributed by atoms with Gasteiger partial charge in [0.05, 0.1) is 32.8 Å². The van der Waals surface area contributed by atoms with Gasteiger partial charge in [-0.25, -0.2) is 8.42 Å². The number of nitrogens with zero attached hydrogens (tertiary/aromatic N) is 2. The predicted octanol–water partition coefficient (Wildman–Crippen LogP) is 4.98. The van der Waals surface area contributed by atoms with Crippen molar-refractivity contribution in [1.82, 2.24) is 9.21 Å². The number of amides is 1. The Morgan fingerprint density at radius 1 is 0.865 bits per heavy atom. The number of ether oxygens (including phenoxy) is 3. The molecule has 37 heavy (non-hydrogen) atoms. The molecule has 3 aromatic carbocycles. The molecule has 0 bridgehead atoms. The lowest BCUT2D eigenvalue weighted by molar-refractivity contribution is -0.130. The predicted molar refractivity (Wildman–Crippen MR) is 146 cm³/mol. The molecule has 0 fully saturated rings. The van der Waals surface area contributed by atoms with Gasteiger partial charge in [-0.3, -0.25) is 4.79 Å². The van der Waals surface area contributed by atoms with Crippen LogP contribution in [0.25, 0.3) is 0 Å². The Balaban J connectivity index is 1.87. The highest BCUT2D eigenvalue weighted by molar-refractivity contribution is 9.10. The molecule has 0 heterocycles. The molecule has 0 aliphatic carbocycles. The SMILES string of the molecule is COc1cc(CN(C)C(=O)CN(Cc2ccc(Br)cc2)S(=O)(=O)c2ccc(Cl)cc2)cc(OC)c1OC. The van der Waals surface area contributed by atoms with E-state index in [1.54, 1.807) is 31.3 Å². The number of likely N-dealkylation sites (N-methyl/N-ethyl adjacent to an activating group) is 1. The molecule has 3 aromatic rings. The minimum absolute atomic E-state index is 0.0159. The van der Waals surface area contributed by atoms with Crippen LogP contribution in [0.5, 0.6) is 17.2 Å². The molecule has 8 nitrogen and oxygen atoms in total. The summed E-state index contributed by atoms with van der Waals surface area (Å²) in [6, 6.07) is 16.6. The fraction of sp³-hybridized carbons (Fsp3) is 0.269. The summed E-state index contributed by atoms with van der Waals surface area (Å²) in [5.74, 6) is 0.973. The van der Waals surface area contributed by atoms with Crippen molar-refractivity contribution in [3.05, 3.63) is 81.3 Å². The first-order valence-corrected chi connectivity index (χ1v) is 13.7. The van der Waals surface area contributed by atoms with Crippen molar-refractivity contribution >= 4 is 43.5 Å². The molecule has 0 aromatic heterocycles. The molecule has 0 spiro atoms. The average molecular weight is 612 g/mol. The van der Waals surface area contributed by atoms with Crippen molar-refractivity contribution in [2.45, 2.75) is 18.0 Å². The van der Waals surface area contributed by atoms with E-state index >= 15 is 0 Å². The van der Waals surface area contributed by atoms with E-state index in [0.717, 1.165) is 19.9 Å². The standard InChI is InChI=1S/C26H28BrClN2O6S/c1-29(15-19-13-23(34-2)26(36-4)24(14-19)35-3)25(31)17-30(16-18-5-7-20(27)8-6-18)37(32,33)22-11-9-21(28)10-12-22/h5-14H,15-17H2,1-4H3. The number of benzene rings is 3. The smallest absolute Gasteiger partial charge is 0.243 e. The molecule has 3 rings (SSSR count). The highest BCUT2D eigenvalue weighted by atomic mass is 79.9. The van der Waals surface area contributed by atoms with Crippen LogP contribution in [0, 0.1) is 0 Å². The minimum Gasteiger partial charge on any atom is -0.493 e. The van der Waals surface area contributed by atoms with Crippen LogP contribution < -0.4 is 14.2 Å². The van der Waals surface area contributed by atoms with E-state index in [9.17, 15) is 13.2 Å². The summed E-state index contributed by atoms with van der Waals surface area (Å²) in [6.45, 7) is -0.146. The van der Waals surface area contributed by atoms with Crippen molar-refractivity contribution in [2.75, 3.05) is 34.9 Å². The molecule has 198 valence electrons. The van der Waals surface area contributed by atoms with Crippen LogP contribution in [0.15, 0.2) is 70.0 Å². The van der Waals surface area contributed by atoms with Crippen molar-refractivity contribution in [1.29, 1.82) is 0 Å². The highest BCUT2D eigenvalue weighted by Gasteiger charge is 2.28. The highest BCUT2D eigenvalue weighted by Crippen LogP contribution is 2.38. The Kier molecular flexibility index (Phi) is 9.83. The monoisotopic (exact) mass is 610 g/mol. The molecule has 0 atom stereocenters. The molecule has 0 N–H and O–H groups in total. The first kappa shape index (κ1) is 28.8. The Labute approximate surface area is 230 Å². The third kappa shape index (κ3) is 7.16. The van der Waals surface area contributed by atoms with E-state index < -0.39 is 10.0 Å². The second-order valence-electron chi connectivity index (χ2n) is 8.14. The number of rotatable bonds is 11. The minimum atomic E-state index is -4.00. The van der Waals surface area contributed by atoms with E-state index in [2.05, 4.69) is 15.9 Å².